The Morgan fingerprint density at radius 1 is 0.735 bits per heavy atom. The molecule has 0 atom stereocenters. The van der Waals surface area contributed by atoms with Crippen molar-refractivity contribution in [3.05, 3.63) is 47.0 Å². The molecule has 34 heavy (non-hydrogen) atoms. The van der Waals surface area contributed by atoms with Crippen LogP contribution in [0.15, 0.2) is 24.3 Å². The van der Waals surface area contributed by atoms with Gasteiger partial charge in [0.2, 0.25) is 29.7 Å². The minimum atomic E-state index is 0.00193. The first-order valence-corrected chi connectivity index (χ1v) is 10.7. The van der Waals surface area contributed by atoms with E-state index in [0.717, 1.165) is 29.2 Å². The van der Waals surface area contributed by atoms with Crippen molar-refractivity contribution >= 4 is 35.7 Å². The predicted molar refractivity (Wildman–Crippen MR) is 131 cm³/mol. The number of aromatic amines is 2. The summed E-state index contributed by atoms with van der Waals surface area (Å²) >= 11 is 0. The van der Waals surface area contributed by atoms with Gasteiger partial charge in [-0.1, -0.05) is 0 Å². The van der Waals surface area contributed by atoms with E-state index in [1.807, 2.05) is 38.1 Å². The van der Waals surface area contributed by atoms with Gasteiger partial charge in [-0.15, -0.1) is 0 Å². The second kappa shape index (κ2) is 9.89. The molecule has 14 nitrogen and oxygen atoms in total. The Morgan fingerprint density at radius 3 is 1.94 bits per heavy atom. The Kier molecular flexibility index (Phi) is 6.57. The third kappa shape index (κ3) is 5.99. The molecule has 0 unspecified atom stereocenters. The number of hydrogen-bond acceptors (Lipinski definition) is 12. The molecule has 0 radical (unpaired) electrons. The molecule has 0 aliphatic carbocycles. The molecule has 0 aliphatic heterocycles. The van der Waals surface area contributed by atoms with Crippen LogP contribution in [-0.2, 0) is 12.8 Å². The van der Waals surface area contributed by atoms with E-state index in [0.29, 0.717) is 25.5 Å². The number of H-pyrrole nitrogens is 2. The summed E-state index contributed by atoms with van der Waals surface area (Å²) in [6.07, 6.45) is 1.42. The topological polar surface area (TPSA) is 214 Å². The fourth-order valence-electron chi connectivity index (χ4n) is 3.32. The normalized spacial score (nSPS) is 10.9. The highest BCUT2D eigenvalue weighted by molar-refractivity contribution is 5.48. The third-order valence-corrected chi connectivity index (χ3v) is 4.85. The van der Waals surface area contributed by atoms with Crippen molar-refractivity contribution in [1.29, 1.82) is 0 Å². The number of nitrogen functional groups attached to an aromatic ring is 3. The van der Waals surface area contributed by atoms with Gasteiger partial charge in [0.15, 0.2) is 0 Å². The molecule has 4 heterocycles. The van der Waals surface area contributed by atoms with Crippen LogP contribution in [0, 0.1) is 13.8 Å². The number of nitrogens with zero attached hydrogens (tertiary/aromatic N) is 7. The van der Waals surface area contributed by atoms with Crippen molar-refractivity contribution in [2.75, 3.05) is 46.0 Å². The van der Waals surface area contributed by atoms with E-state index in [-0.39, 0.29) is 29.7 Å². The fraction of sp³-hybridized carbons (Fsp3) is 0.300. The van der Waals surface area contributed by atoms with Gasteiger partial charge >= 0.3 is 0 Å². The maximum atomic E-state index is 5.92. The van der Waals surface area contributed by atoms with E-state index in [9.17, 15) is 0 Å². The summed E-state index contributed by atoms with van der Waals surface area (Å²) < 4.78 is 0. The highest BCUT2D eigenvalue weighted by Gasteiger charge is 2.16. The van der Waals surface area contributed by atoms with Gasteiger partial charge in [-0.3, -0.25) is 10.4 Å². The molecule has 0 spiro atoms. The Balaban J connectivity index is 1.49. The molecule has 14 heteroatoms. The number of aromatic nitrogens is 8. The zero-order chi connectivity index (χ0) is 24.1. The lowest BCUT2D eigenvalue weighted by molar-refractivity contribution is 0.799. The SMILES string of the molecule is Cc1ccc(CCNc2nc(N)nc(NN(CCc3ccc(C)[nH]3)c3nc(N)nc(N)n3)n2)[nH]1. The maximum absolute atomic E-state index is 5.92. The average Bonchev–Trinajstić information content (AvgIpc) is 3.37. The fourth-order valence-corrected chi connectivity index (χ4v) is 3.32. The highest BCUT2D eigenvalue weighted by atomic mass is 15.6. The molecule has 4 rings (SSSR count). The van der Waals surface area contributed by atoms with E-state index >= 15 is 0 Å². The van der Waals surface area contributed by atoms with E-state index in [4.69, 9.17) is 17.2 Å². The molecule has 10 N–H and O–H groups in total. The Morgan fingerprint density at radius 2 is 1.32 bits per heavy atom. The van der Waals surface area contributed by atoms with Crippen molar-refractivity contribution in [2.24, 2.45) is 0 Å². The van der Waals surface area contributed by atoms with Crippen molar-refractivity contribution in [2.45, 2.75) is 26.7 Å². The third-order valence-electron chi connectivity index (χ3n) is 4.85. The van der Waals surface area contributed by atoms with Crippen molar-refractivity contribution < 1.29 is 0 Å². The minimum absolute atomic E-state index is 0.00193. The second-order valence-electron chi connectivity index (χ2n) is 7.72. The lowest BCUT2D eigenvalue weighted by atomic mass is 10.3. The first-order valence-electron chi connectivity index (χ1n) is 10.7. The van der Waals surface area contributed by atoms with Gasteiger partial charge in [-0.25, -0.2) is 0 Å². The number of hydrazine groups is 1. The number of nitrogens with two attached hydrogens (primary N) is 3. The van der Waals surface area contributed by atoms with E-state index < -0.39 is 0 Å². The lowest BCUT2D eigenvalue weighted by Gasteiger charge is -2.23. The predicted octanol–water partition coefficient (Wildman–Crippen LogP) is 0.807. The second-order valence-corrected chi connectivity index (χ2v) is 7.72. The summed E-state index contributed by atoms with van der Waals surface area (Å²) in [5.74, 6) is 0.845. The highest BCUT2D eigenvalue weighted by Crippen LogP contribution is 2.15. The summed E-state index contributed by atoms with van der Waals surface area (Å²) in [6, 6.07) is 8.09. The summed E-state index contributed by atoms with van der Waals surface area (Å²) in [7, 11) is 0. The van der Waals surface area contributed by atoms with E-state index in [1.54, 1.807) is 5.01 Å². The van der Waals surface area contributed by atoms with Crippen LogP contribution >= 0.6 is 0 Å². The first kappa shape index (κ1) is 22.6. The molecule has 0 fully saturated rings. The van der Waals surface area contributed by atoms with E-state index in [1.165, 1.54) is 0 Å². The molecular weight excluding hydrogens is 436 g/mol. The van der Waals surface area contributed by atoms with Crippen molar-refractivity contribution in [3.63, 3.8) is 0 Å². The number of hydrogen-bond donors (Lipinski definition) is 7. The van der Waals surface area contributed by atoms with Crippen molar-refractivity contribution in [1.82, 2.24) is 39.9 Å². The van der Waals surface area contributed by atoms with Crippen LogP contribution in [0.25, 0.3) is 0 Å². The molecule has 0 bridgehead atoms. The van der Waals surface area contributed by atoms with Crippen LogP contribution < -0.4 is 33.0 Å². The van der Waals surface area contributed by atoms with Gasteiger partial charge in [-0.05, 0) is 38.1 Å². The quantitative estimate of drug-likeness (QED) is 0.162. The molecule has 0 amide bonds. The number of rotatable bonds is 10. The largest absolute Gasteiger partial charge is 0.368 e. The Hall–Kier alpha value is -4.62. The zero-order valence-electron chi connectivity index (χ0n) is 19.0. The zero-order valence-corrected chi connectivity index (χ0v) is 19.0. The van der Waals surface area contributed by atoms with Gasteiger partial charge < -0.3 is 32.5 Å². The van der Waals surface area contributed by atoms with Crippen LogP contribution in [-0.4, -0.2) is 53.0 Å². The summed E-state index contributed by atoms with van der Waals surface area (Å²) in [4.78, 5) is 31.6. The van der Waals surface area contributed by atoms with Crippen LogP contribution in [0.2, 0.25) is 0 Å². The summed E-state index contributed by atoms with van der Waals surface area (Å²) in [5.41, 5.74) is 24.9. The smallest absolute Gasteiger partial charge is 0.251 e. The minimum Gasteiger partial charge on any atom is -0.368 e. The molecule has 0 aliphatic rings. The van der Waals surface area contributed by atoms with Gasteiger partial charge in [0.1, 0.15) is 0 Å². The van der Waals surface area contributed by atoms with Gasteiger partial charge in [-0.2, -0.15) is 29.9 Å². The van der Waals surface area contributed by atoms with Crippen LogP contribution in [0.5, 0.6) is 0 Å². The maximum Gasteiger partial charge on any atom is 0.251 e. The standard InChI is InChI=1S/C20H28N14/c1-11-3-5-13(25-11)7-9-24-18-28-17(23)29-19(32-18)33-34(10-8-14-6-4-12(2)26-14)20-30-15(21)27-16(22)31-20/h3-6,25-26H,7-10H2,1-2H3,(H4,21,22,27,30,31)(H4,23,24,28,29,32,33). The summed E-state index contributed by atoms with van der Waals surface area (Å²) in [5, 5.41) is 4.80. The molecule has 4 aromatic rings. The van der Waals surface area contributed by atoms with Gasteiger partial charge in [0, 0.05) is 48.7 Å². The lowest BCUT2D eigenvalue weighted by Crippen LogP contribution is -2.35. The average molecular weight is 465 g/mol. The molecule has 0 aromatic carbocycles. The van der Waals surface area contributed by atoms with Crippen LogP contribution in [0.3, 0.4) is 0 Å². The van der Waals surface area contributed by atoms with Gasteiger partial charge in [0.25, 0.3) is 5.95 Å². The van der Waals surface area contributed by atoms with Crippen molar-refractivity contribution in [3.8, 4) is 0 Å². The first-order chi connectivity index (χ1) is 16.3. The van der Waals surface area contributed by atoms with Gasteiger partial charge in [0.05, 0.1) is 0 Å². The molecular formula is C20H28N14. The molecule has 0 saturated heterocycles. The Labute approximate surface area is 195 Å². The summed E-state index contributed by atoms with van der Waals surface area (Å²) in [6.45, 7) is 5.06. The molecule has 178 valence electrons. The van der Waals surface area contributed by atoms with Crippen LogP contribution in [0.4, 0.5) is 35.7 Å². The van der Waals surface area contributed by atoms with E-state index in [2.05, 4.69) is 50.6 Å². The number of anilines is 6. The number of aryl methyl sites for hydroxylation is 2. The molecule has 0 saturated carbocycles. The molecule has 4 aromatic heterocycles. The monoisotopic (exact) mass is 464 g/mol. The van der Waals surface area contributed by atoms with Crippen LogP contribution in [0.1, 0.15) is 22.8 Å². The Bertz CT molecular complexity index is 1230. The number of nitrogens with one attached hydrogen (secondary N) is 4.